The first-order valence-electron chi connectivity index (χ1n) is 4.40. The third-order valence-corrected chi connectivity index (χ3v) is 2.14. The van der Waals surface area contributed by atoms with Crippen LogP contribution in [-0.2, 0) is 6.32 Å². The fourth-order valence-corrected chi connectivity index (χ4v) is 1.41. The van der Waals surface area contributed by atoms with Crippen molar-refractivity contribution in [1.29, 1.82) is 0 Å². The van der Waals surface area contributed by atoms with E-state index in [9.17, 15) is 12.9 Å². The van der Waals surface area contributed by atoms with Crippen LogP contribution in [0.3, 0.4) is 0 Å². The molecule has 80 valence electrons. The van der Waals surface area contributed by atoms with Gasteiger partial charge < -0.3 is 18.7 Å². The molecule has 1 aromatic rings. The quantitative estimate of drug-likeness (QED) is 0.428. The normalized spacial score (nSPS) is 10.4. The van der Waals surface area contributed by atoms with E-state index in [0.29, 0.717) is 11.1 Å². The predicted octanol–water partition coefficient (Wildman–Crippen LogP) is -0.508. The van der Waals surface area contributed by atoms with E-state index in [4.69, 9.17) is 12.2 Å². The Balaban J connectivity index is 0.00000225. The number of terminal acetylenes is 1. The Bertz CT molecular complexity index is 423. The number of hydrogen-bond acceptors (Lipinski definition) is 1. The number of nitrogens with two attached hydrogens (primary N) is 1. The van der Waals surface area contributed by atoms with E-state index in [1.54, 1.807) is 6.92 Å². The topological polar surface area (TPSA) is 26.0 Å². The molecule has 0 bridgehead atoms. The molecule has 1 aromatic carbocycles. The predicted molar refractivity (Wildman–Crippen MR) is 56.3 cm³/mol. The molecule has 0 aliphatic heterocycles. The van der Waals surface area contributed by atoms with E-state index in [2.05, 4.69) is 5.92 Å². The Labute approximate surface area is 135 Å². The van der Waals surface area contributed by atoms with Gasteiger partial charge in [0.05, 0.1) is 0 Å². The van der Waals surface area contributed by atoms with Crippen molar-refractivity contribution in [3.8, 4) is 12.3 Å². The first kappa shape index (κ1) is 16.1. The van der Waals surface area contributed by atoms with Gasteiger partial charge in [0.15, 0.2) is 0 Å². The molecule has 0 radical (unpaired) electrons. The van der Waals surface area contributed by atoms with Crippen LogP contribution in [0.15, 0.2) is 12.1 Å². The van der Waals surface area contributed by atoms with Crippen LogP contribution in [0.2, 0.25) is 0 Å². The number of benzene rings is 1. The Morgan fingerprint density at radius 2 is 1.94 bits per heavy atom. The zero-order valence-corrected chi connectivity index (χ0v) is 12.4. The van der Waals surface area contributed by atoms with Crippen molar-refractivity contribution >= 4 is 12.7 Å². The summed E-state index contributed by atoms with van der Waals surface area (Å²) in [4.78, 5) is 0. The molecule has 2 N–H and O–H groups in total. The summed E-state index contributed by atoms with van der Waals surface area (Å²) in [6.07, 6.45) is 4.23. The Kier molecular flexibility index (Phi) is 6.15. The third-order valence-electron chi connectivity index (χ3n) is 2.14. The van der Waals surface area contributed by atoms with Gasteiger partial charge >= 0.3 is 58.4 Å². The van der Waals surface area contributed by atoms with Gasteiger partial charge in [0, 0.05) is 11.3 Å². The number of rotatable bonds is 2. The minimum Gasteiger partial charge on any atom is -0.449 e. The zero-order chi connectivity index (χ0) is 11.6. The molecule has 1 nitrogen and oxygen atoms in total. The summed E-state index contributed by atoms with van der Waals surface area (Å²) < 4.78 is 36.8. The van der Waals surface area contributed by atoms with Crippen LogP contribution in [0.5, 0.6) is 0 Å². The smallest absolute Gasteiger partial charge is 0.449 e. The van der Waals surface area contributed by atoms with Gasteiger partial charge in [-0.1, -0.05) is 17.8 Å². The first-order chi connectivity index (χ1) is 6.83. The average molecular weight is 251 g/mol. The number of halogens is 3. The van der Waals surface area contributed by atoms with Crippen LogP contribution < -0.4 is 57.1 Å². The Morgan fingerprint density at radius 3 is 2.38 bits per heavy atom. The van der Waals surface area contributed by atoms with Crippen molar-refractivity contribution < 1.29 is 64.3 Å². The largest absolute Gasteiger partial charge is 1.00 e. The van der Waals surface area contributed by atoms with Crippen LogP contribution in [0.1, 0.15) is 16.7 Å². The number of hydrogen-bond donors (Lipinski definition) is 1. The molecule has 0 saturated heterocycles. The SMILES string of the molecule is C#Cc1cc(N)cc(C[B-](F)(F)F)c1C.[K+]. The van der Waals surface area contributed by atoms with Gasteiger partial charge in [0.2, 0.25) is 0 Å². The molecule has 0 unspecified atom stereocenters. The molecule has 0 amide bonds. The maximum atomic E-state index is 12.3. The van der Waals surface area contributed by atoms with E-state index >= 15 is 0 Å². The standard InChI is InChI=1S/C10H10BF3N.K/c1-3-8-4-10(15)5-9(7(8)2)6-11(12,13)14;/h1,4-5H,6,15H2,2H3;/q-1;+1. The number of nitrogen functional groups attached to an aromatic ring is 1. The van der Waals surface area contributed by atoms with Crippen LogP contribution >= 0.6 is 0 Å². The molecule has 0 heterocycles. The van der Waals surface area contributed by atoms with E-state index in [0.717, 1.165) is 0 Å². The van der Waals surface area contributed by atoms with Crippen molar-refractivity contribution in [3.63, 3.8) is 0 Å². The Morgan fingerprint density at radius 1 is 1.38 bits per heavy atom. The van der Waals surface area contributed by atoms with Crippen LogP contribution in [-0.4, -0.2) is 6.98 Å². The second kappa shape index (κ2) is 6.13. The van der Waals surface area contributed by atoms with E-state index in [1.165, 1.54) is 12.1 Å². The molecule has 6 heteroatoms. The van der Waals surface area contributed by atoms with Gasteiger partial charge in [-0.15, -0.1) is 6.42 Å². The maximum absolute atomic E-state index is 12.3. The third kappa shape index (κ3) is 4.52. The van der Waals surface area contributed by atoms with Crippen LogP contribution in [0.4, 0.5) is 18.6 Å². The molecule has 1 rings (SSSR count). The minimum atomic E-state index is -4.86. The molecular formula is C10H10BF3KN. The summed E-state index contributed by atoms with van der Waals surface area (Å²) >= 11 is 0. The summed E-state index contributed by atoms with van der Waals surface area (Å²) in [6.45, 7) is -3.29. The van der Waals surface area contributed by atoms with Gasteiger partial charge in [-0.05, 0) is 24.6 Å². The van der Waals surface area contributed by atoms with Gasteiger partial charge in [-0.3, -0.25) is 0 Å². The van der Waals surface area contributed by atoms with Gasteiger partial charge in [-0.2, -0.15) is 0 Å². The molecule has 0 spiro atoms. The summed E-state index contributed by atoms with van der Waals surface area (Å²) in [6, 6.07) is 2.83. The van der Waals surface area contributed by atoms with Crippen molar-refractivity contribution in [2.45, 2.75) is 13.2 Å². The monoisotopic (exact) mass is 251 g/mol. The molecule has 0 atom stereocenters. The minimum absolute atomic E-state index is 0. The second-order valence-electron chi connectivity index (χ2n) is 3.41. The summed E-state index contributed by atoms with van der Waals surface area (Å²) in [5.74, 6) is 2.32. The molecular weight excluding hydrogens is 241 g/mol. The van der Waals surface area contributed by atoms with E-state index < -0.39 is 13.3 Å². The van der Waals surface area contributed by atoms with E-state index in [1.807, 2.05) is 0 Å². The summed E-state index contributed by atoms with van der Waals surface area (Å²) in [5, 5.41) is 0. The molecule has 0 aliphatic rings. The molecule has 16 heavy (non-hydrogen) atoms. The molecule has 0 saturated carbocycles. The fourth-order valence-electron chi connectivity index (χ4n) is 1.41. The van der Waals surface area contributed by atoms with E-state index in [-0.39, 0.29) is 62.6 Å². The summed E-state index contributed by atoms with van der Waals surface area (Å²) in [7, 11) is 0. The van der Waals surface area contributed by atoms with Crippen molar-refractivity contribution in [3.05, 3.63) is 28.8 Å². The van der Waals surface area contributed by atoms with Gasteiger partial charge in [0.1, 0.15) is 0 Å². The second-order valence-corrected chi connectivity index (χ2v) is 3.41. The van der Waals surface area contributed by atoms with Crippen LogP contribution in [0, 0.1) is 19.3 Å². The zero-order valence-electron chi connectivity index (χ0n) is 9.23. The fraction of sp³-hybridized carbons (Fsp3) is 0.200. The number of anilines is 1. The first-order valence-corrected chi connectivity index (χ1v) is 4.40. The van der Waals surface area contributed by atoms with Gasteiger partial charge in [0.25, 0.3) is 0 Å². The Hall–Kier alpha value is 0.0713. The van der Waals surface area contributed by atoms with Crippen molar-refractivity contribution in [2.75, 3.05) is 5.73 Å². The maximum Gasteiger partial charge on any atom is 1.00 e. The van der Waals surface area contributed by atoms with Crippen molar-refractivity contribution in [1.82, 2.24) is 0 Å². The molecule has 0 fully saturated rings. The van der Waals surface area contributed by atoms with Crippen LogP contribution in [0.25, 0.3) is 0 Å². The van der Waals surface area contributed by atoms with Gasteiger partial charge in [-0.25, -0.2) is 0 Å². The van der Waals surface area contributed by atoms with Crippen molar-refractivity contribution in [2.24, 2.45) is 0 Å². The molecule has 0 aromatic heterocycles. The average Bonchev–Trinajstić information content (AvgIpc) is 2.08. The molecule has 0 aliphatic carbocycles. The summed E-state index contributed by atoms with van der Waals surface area (Å²) in [5.41, 5.74) is 6.80.